The summed E-state index contributed by atoms with van der Waals surface area (Å²) in [6, 6.07) is 7.38. The van der Waals surface area contributed by atoms with Crippen molar-refractivity contribution in [3.8, 4) is 0 Å². The van der Waals surface area contributed by atoms with Crippen LogP contribution in [0.3, 0.4) is 0 Å². The summed E-state index contributed by atoms with van der Waals surface area (Å²) < 4.78 is 0. The average Bonchev–Trinajstić information content (AvgIpc) is 2.81. The first-order valence-corrected chi connectivity index (χ1v) is 7.14. The maximum absolute atomic E-state index is 12.3. The van der Waals surface area contributed by atoms with Gasteiger partial charge in [0.25, 0.3) is 5.91 Å². The summed E-state index contributed by atoms with van der Waals surface area (Å²) >= 11 is 7.08. The van der Waals surface area contributed by atoms with E-state index in [0.717, 1.165) is 5.56 Å². The second kappa shape index (κ2) is 6.11. The molecule has 0 saturated heterocycles. The molecule has 2 aromatic rings. The molecule has 0 fully saturated rings. The van der Waals surface area contributed by atoms with Crippen LogP contribution in [-0.4, -0.2) is 29.9 Å². The van der Waals surface area contributed by atoms with Crippen LogP contribution < -0.4 is 11.1 Å². The lowest BCUT2D eigenvalue weighted by molar-refractivity contribution is 0.0790. The molecular weight excluding hydrogens is 296 g/mol. The van der Waals surface area contributed by atoms with Gasteiger partial charge in [-0.15, -0.1) is 0 Å². The Morgan fingerprint density at radius 2 is 2.10 bits per heavy atom. The van der Waals surface area contributed by atoms with Crippen LogP contribution >= 0.6 is 22.9 Å². The van der Waals surface area contributed by atoms with Crippen molar-refractivity contribution in [2.45, 2.75) is 6.54 Å². The summed E-state index contributed by atoms with van der Waals surface area (Å²) in [5.74, 6) is 0.115. The van der Waals surface area contributed by atoms with Crippen molar-refractivity contribution in [1.82, 2.24) is 9.88 Å². The molecule has 0 atom stereocenters. The van der Waals surface area contributed by atoms with E-state index in [9.17, 15) is 4.79 Å². The molecule has 7 heteroatoms. The molecule has 1 aromatic carbocycles. The molecule has 2 rings (SSSR count). The first-order chi connectivity index (χ1) is 9.51. The number of nitrogens with zero attached hydrogens (tertiary/aromatic N) is 2. The van der Waals surface area contributed by atoms with Gasteiger partial charge in [0.05, 0.1) is 0 Å². The van der Waals surface area contributed by atoms with Gasteiger partial charge in [0, 0.05) is 25.7 Å². The summed E-state index contributed by atoms with van der Waals surface area (Å²) in [5, 5.41) is 4.18. The van der Waals surface area contributed by atoms with Gasteiger partial charge in [-0.25, -0.2) is 4.98 Å². The van der Waals surface area contributed by atoms with Crippen LogP contribution in [0.15, 0.2) is 24.3 Å². The molecule has 106 valence electrons. The van der Waals surface area contributed by atoms with Gasteiger partial charge >= 0.3 is 0 Å². The van der Waals surface area contributed by atoms with Crippen LogP contribution in [-0.2, 0) is 6.54 Å². The second-order valence-corrected chi connectivity index (χ2v) is 5.71. The molecule has 5 nitrogen and oxygen atoms in total. The number of halogens is 1. The van der Waals surface area contributed by atoms with Gasteiger partial charge in [0.2, 0.25) is 0 Å². The predicted octanol–water partition coefficient (Wildman–Crippen LogP) is 2.69. The molecule has 3 N–H and O–H groups in total. The number of benzene rings is 1. The molecule has 1 amide bonds. The summed E-state index contributed by atoms with van der Waals surface area (Å²) in [5.41, 5.74) is 6.77. The smallest absolute Gasteiger partial charge is 0.267 e. The van der Waals surface area contributed by atoms with Gasteiger partial charge in [-0.2, -0.15) is 0 Å². The third kappa shape index (κ3) is 3.20. The average molecular weight is 311 g/mol. The Kier molecular flexibility index (Phi) is 4.46. The monoisotopic (exact) mass is 310 g/mol. The van der Waals surface area contributed by atoms with E-state index in [1.54, 1.807) is 31.1 Å². The Hall–Kier alpha value is -1.79. The van der Waals surface area contributed by atoms with Crippen LogP contribution in [0.2, 0.25) is 5.02 Å². The summed E-state index contributed by atoms with van der Waals surface area (Å²) in [4.78, 5) is 18.5. The zero-order valence-electron chi connectivity index (χ0n) is 11.2. The van der Waals surface area contributed by atoms with Crippen molar-refractivity contribution in [3.05, 3.63) is 39.7 Å². The zero-order valence-corrected chi connectivity index (χ0v) is 12.8. The summed E-state index contributed by atoms with van der Waals surface area (Å²) in [7, 11) is 3.47. The fourth-order valence-corrected chi connectivity index (χ4v) is 2.66. The standard InChI is InChI=1S/C13H15ClN4OS/c1-16-13-17-11(15)10(20-13)12(19)18(2)7-8-3-5-9(14)6-4-8/h3-6H,7,15H2,1-2H3,(H,16,17). The SMILES string of the molecule is CNc1nc(N)c(C(=O)N(C)Cc2ccc(Cl)cc2)s1. The number of aromatic nitrogens is 1. The van der Waals surface area contributed by atoms with E-state index in [1.807, 2.05) is 12.1 Å². The minimum absolute atomic E-state index is 0.142. The maximum atomic E-state index is 12.3. The van der Waals surface area contributed by atoms with Crippen molar-refractivity contribution in [1.29, 1.82) is 0 Å². The zero-order chi connectivity index (χ0) is 14.7. The highest BCUT2D eigenvalue weighted by atomic mass is 35.5. The normalized spacial score (nSPS) is 10.3. The van der Waals surface area contributed by atoms with Crippen molar-refractivity contribution >= 4 is 39.8 Å². The van der Waals surface area contributed by atoms with Gasteiger partial charge in [0.15, 0.2) is 5.13 Å². The highest BCUT2D eigenvalue weighted by Gasteiger charge is 2.19. The van der Waals surface area contributed by atoms with E-state index < -0.39 is 0 Å². The van der Waals surface area contributed by atoms with E-state index in [2.05, 4.69) is 10.3 Å². The van der Waals surface area contributed by atoms with Crippen molar-refractivity contribution in [2.24, 2.45) is 0 Å². The lowest BCUT2D eigenvalue weighted by Gasteiger charge is -2.16. The molecule has 0 unspecified atom stereocenters. The van der Waals surface area contributed by atoms with Gasteiger partial charge < -0.3 is 16.0 Å². The predicted molar refractivity (Wildman–Crippen MR) is 83.3 cm³/mol. The van der Waals surface area contributed by atoms with Gasteiger partial charge in [0.1, 0.15) is 10.7 Å². The van der Waals surface area contributed by atoms with E-state index >= 15 is 0 Å². The van der Waals surface area contributed by atoms with Crippen LogP contribution in [0, 0.1) is 0 Å². The molecule has 0 radical (unpaired) electrons. The van der Waals surface area contributed by atoms with Crippen LogP contribution in [0.25, 0.3) is 0 Å². The minimum atomic E-state index is -0.142. The number of rotatable bonds is 4. The van der Waals surface area contributed by atoms with E-state index in [0.29, 0.717) is 21.6 Å². The second-order valence-electron chi connectivity index (χ2n) is 4.27. The van der Waals surface area contributed by atoms with E-state index in [1.165, 1.54) is 11.3 Å². The number of thiazole rings is 1. The fourth-order valence-electron chi connectivity index (χ4n) is 1.70. The molecule has 0 spiro atoms. The molecule has 1 heterocycles. The number of nitrogen functional groups attached to an aromatic ring is 1. The van der Waals surface area contributed by atoms with E-state index in [-0.39, 0.29) is 11.7 Å². The summed E-state index contributed by atoms with van der Waals surface area (Å²) in [6.45, 7) is 0.488. The summed E-state index contributed by atoms with van der Waals surface area (Å²) in [6.07, 6.45) is 0. The first kappa shape index (κ1) is 14.6. The van der Waals surface area contributed by atoms with Crippen molar-refractivity contribution in [3.63, 3.8) is 0 Å². The number of carbonyl (C=O) groups is 1. The molecule has 0 aliphatic rings. The molecule has 0 aliphatic carbocycles. The molecular formula is C13H15ClN4OS. The van der Waals surface area contributed by atoms with E-state index in [4.69, 9.17) is 17.3 Å². The van der Waals surface area contributed by atoms with Gasteiger partial charge in [-0.3, -0.25) is 4.79 Å². The Labute approximate surface area is 126 Å². The molecule has 0 saturated carbocycles. The Morgan fingerprint density at radius 3 is 2.65 bits per heavy atom. The quantitative estimate of drug-likeness (QED) is 0.911. The number of hydrogen-bond acceptors (Lipinski definition) is 5. The van der Waals surface area contributed by atoms with Crippen molar-refractivity contribution < 1.29 is 4.79 Å². The number of anilines is 2. The largest absolute Gasteiger partial charge is 0.382 e. The first-order valence-electron chi connectivity index (χ1n) is 5.95. The molecule has 0 bridgehead atoms. The molecule has 0 aliphatic heterocycles. The van der Waals surface area contributed by atoms with Crippen LogP contribution in [0.5, 0.6) is 0 Å². The number of amides is 1. The van der Waals surface area contributed by atoms with Crippen LogP contribution in [0.1, 0.15) is 15.2 Å². The Balaban J connectivity index is 2.11. The lowest BCUT2D eigenvalue weighted by Crippen LogP contribution is -2.26. The fraction of sp³-hybridized carbons (Fsp3) is 0.231. The highest BCUT2D eigenvalue weighted by molar-refractivity contribution is 7.18. The Morgan fingerprint density at radius 1 is 1.45 bits per heavy atom. The molecule has 1 aromatic heterocycles. The van der Waals surface area contributed by atoms with Gasteiger partial charge in [-0.05, 0) is 17.7 Å². The minimum Gasteiger partial charge on any atom is -0.382 e. The third-order valence-electron chi connectivity index (χ3n) is 2.74. The molecule has 20 heavy (non-hydrogen) atoms. The van der Waals surface area contributed by atoms with Crippen molar-refractivity contribution in [2.75, 3.05) is 25.1 Å². The number of nitrogens with one attached hydrogen (secondary N) is 1. The maximum Gasteiger partial charge on any atom is 0.267 e. The van der Waals surface area contributed by atoms with Gasteiger partial charge in [-0.1, -0.05) is 35.1 Å². The Bertz CT molecular complexity index is 611. The lowest BCUT2D eigenvalue weighted by atomic mass is 10.2. The topological polar surface area (TPSA) is 71.2 Å². The van der Waals surface area contributed by atoms with Crippen LogP contribution in [0.4, 0.5) is 10.9 Å². The number of carbonyl (C=O) groups excluding carboxylic acids is 1. The highest BCUT2D eigenvalue weighted by Crippen LogP contribution is 2.26. The number of nitrogens with two attached hydrogens (primary N) is 1. The number of hydrogen-bond donors (Lipinski definition) is 2. The third-order valence-corrected chi connectivity index (χ3v) is 4.07.